The van der Waals surface area contributed by atoms with Crippen LogP contribution in [0.25, 0.3) is 0 Å². The first-order valence-electron chi connectivity index (χ1n) is 10.3. The molecule has 0 aromatic heterocycles. The highest BCUT2D eigenvalue weighted by Gasteiger charge is 2.33. The van der Waals surface area contributed by atoms with E-state index in [1.54, 1.807) is 0 Å². The number of halogens is 1. The molecular weight excluding hydrogens is 404 g/mol. The Morgan fingerprint density at radius 3 is 2.77 bits per heavy atom. The molecule has 0 bridgehead atoms. The Hall–Kier alpha value is -2.73. The lowest BCUT2D eigenvalue weighted by Gasteiger charge is -2.33. The fourth-order valence-corrected chi connectivity index (χ4v) is 4.19. The van der Waals surface area contributed by atoms with E-state index in [1.165, 1.54) is 0 Å². The summed E-state index contributed by atoms with van der Waals surface area (Å²) in [5.41, 5.74) is 2.75. The minimum atomic E-state index is -0.183. The molecule has 0 N–H and O–H groups in total. The first-order chi connectivity index (χ1) is 14.7. The van der Waals surface area contributed by atoms with Crippen molar-refractivity contribution < 1.29 is 19.1 Å². The van der Waals surface area contributed by atoms with Gasteiger partial charge in [0.05, 0.1) is 12.3 Å². The number of hydrogen-bond acceptors (Lipinski definition) is 5. The molecule has 0 radical (unpaired) electrons. The van der Waals surface area contributed by atoms with E-state index in [9.17, 15) is 4.79 Å². The van der Waals surface area contributed by atoms with Crippen molar-refractivity contribution in [1.82, 2.24) is 4.90 Å². The molecule has 2 aromatic carbocycles. The third-order valence-corrected chi connectivity index (χ3v) is 6.32. The Labute approximate surface area is 180 Å². The van der Waals surface area contributed by atoms with Crippen LogP contribution in [0, 0.1) is 5.92 Å². The molecule has 6 nitrogen and oxygen atoms in total. The first-order valence-corrected chi connectivity index (χ1v) is 10.7. The monoisotopic (exact) mass is 426 g/mol. The molecular formula is C23H23ClN2O4. The second-order valence-corrected chi connectivity index (χ2v) is 8.38. The maximum Gasteiger partial charge on any atom is 0.231 e. The van der Waals surface area contributed by atoms with E-state index in [0.717, 1.165) is 47.6 Å². The predicted molar refractivity (Wildman–Crippen MR) is 113 cm³/mol. The molecule has 1 atom stereocenters. The predicted octanol–water partition coefficient (Wildman–Crippen LogP) is 4.39. The number of oxime groups is 1. The lowest BCUT2D eigenvalue weighted by atomic mass is 9.84. The molecule has 0 saturated heterocycles. The molecule has 1 unspecified atom stereocenters. The normalized spacial score (nSPS) is 19.8. The average Bonchev–Trinajstić information content (AvgIpc) is 3.36. The molecule has 2 aliphatic heterocycles. The van der Waals surface area contributed by atoms with Crippen molar-refractivity contribution in [2.24, 2.45) is 11.1 Å². The van der Waals surface area contributed by atoms with Gasteiger partial charge in [0, 0.05) is 29.5 Å². The van der Waals surface area contributed by atoms with Crippen LogP contribution in [0.3, 0.4) is 0 Å². The van der Waals surface area contributed by atoms with Crippen LogP contribution in [0.4, 0.5) is 0 Å². The van der Waals surface area contributed by atoms with Crippen LogP contribution in [0.1, 0.15) is 36.8 Å². The summed E-state index contributed by atoms with van der Waals surface area (Å²) in [6.07, 6.45) is 3.49. The minimum Gasteiger partial charge on any atom is -0.454 e. The van der Waals surface area contributed by atoms with Crippen LogP contribution in [0.15, 0.2) is 47.6 Å². The highest BCUT2D eigenvalue weighted by Crippen LogP contribution is 2.34. The Balaban J connectivity index is 1.28. The van der Waals surface area contributed by atoms with Gasteiger partial charge in [-0.15, -0.1) is 0 Å². The summed E-state index contributed by atoms with van der Waals surface area (Å²) in [6, 6.07) is 13.4. The summed E-state index contributed by atoms with van der Waals surface area (Å²) in [4.78, 5) is 20.7. The van der Waals surface area contributed by atoms with E-state index in [-0.39, 0.29) is 24.7 Å². The van der Waals surface area contributed by atoms with Gasteiger partial charge < -0.3 is 19.2 Å². The smallest absolute Gasteiger partial charge is 0.231 e. The number of rotatable bonds is 6. The van der Waals surface area contributed by atoms with Crippen molar-refractivity contribution in [3.63, 3.8) is 0 Å². The third kappa shape index (κ3) is 3.84. The standard InChI is InChI=1S/C23H23ClN2O4/c24-19-7-2-1-4-17(19)12-26(23(27)15-5-3-6-15)13-18-11-20(25-30-18)16-8-9-21-22(10-16)29-14-28-21/h1-2,4,7-10,15,18H,3,5-6,11-14H2. The van der Waals surface area contributed by atoms with Crippen molar-refractivity contribution in [1.29, 1.82) is 0 Å². The second kappa shape index (κ2) is 8.19. The molecule has 1 aliphatic carbocycles. The molecule has 7 heteroatoms. The SMILES string of the molecule is O=C(C1CCC1)N(Cc1ccccc1Cl)CC1CC(c2ccc3c(c2)OCO3)=NO1. The number of nitrogens with zero attached hydrogens (tertiary/aromatic N) is 2. The molecule has 1 fully saturated rings. The fourth-order valence-electron chi connectivity index (χ4n) is 4.00. The maximum atomic E-state index is 13.1. The highest BCUT2D eigenvalue weighted by atomic mass is 35.5. The number of fused-ring (bicyclic) bond motifs is 1. The van der Waals surface area contributed by atoms with E-state index < -0.39 is 0 Å². The van der Waals surface area contributed by atoms with E-state index in [0.29, 0.717) is 24.5 Å². The molecule has 0 spiro atoms. The molecule has 2 heterocycles. The van der Waals surface area contributed by atoms with Crippen LogP contribution < -0.4 is 9.47 Å². The zero-order valence-corrected chi connectivity index (χ0v) is 17.3. The van der Waals surface area contributed by atoms with Gasteiger partial charge in [-0.25, -0.2) is 0 Å². The largest absolute Gasteiger partial charge is 0.454 e. The van der Waals surface area contributed by atoms with Gasteiger partial charge in [-0.2, -0.15) is 0 Å². The number of amides is 1. The van der Waals surface area contributed by atoms with E-state index in [4.69, 9.17) is 25.9 Å². The zero-order valence-electron chi connectivity index (χ0n) is 16.6. The summed E-state index contributed by atoms with van der Waals surface area (Å²) in [5.74, 6) is 1.76. The Morgan fingerprint density at radius 1 is 1.13 bits per heavy atom. The van der Waals surface area contributed by atoms with Gasteiger partial charge >= 0.3 is 0 Å². The van der Waals surface area contributed by atoms with Gasteiger partial charge in [0.1, 0.15) is 0 Å². The van der Waals surface area contributed by atoms with Crippen LogP contribution in [0.2, 0.25) is 5.02 Å². The molecule has 2 aromatic rings. The molecule has 30 heavy (non-hydrogen) atoms. The molecule has 1 saturated carbocycles. The summed E-state index contributed by atoms with van der Waals surface area (Å²) in [7, 11) is 0. The second-order valence-electron chi connectivity index (χ2n) is 7.98. The van der Waals surface area contributed by atoms with Crippen LogP contribution >= 0.6 is 11.6 Å². The number of carbonyl (C=O) groups is 1. The van der Waals surface area contributed by atoms with Crippen molar-refractivity contribution in [3.8, 4) is 11.5 Å². The first kappa shape index (κ1) is 19.2. The lowest BCUT2D eigenvalue weighted by Crippen LogP contribution is -2.42. The molecule has 3 aliphatic rings. The summed E-state index contributed by atoms with van der Waals surface area (Å²) in [5, 5.41) is 4.96. The van der Waals surface area contributed by atoms with Gasteiger partial charge in [-0.1, -0.05) is 41.4 Å². The molecule has 1 amide bonds. The van der Waals surface area contributed by atoms with Crippen molar-refractivity contribution >= 4 is 23.2 Å². The number of ether oxygens (including phenoxy) is 2. The number of benzene rings is 2. The van der Waals surface area contributed by atoms with Gasteiger partial charge in [-0.05, 0) is 42.7 Å². The highest BCUT2D eigenvalue weighted by molar-refractivity contribution is 6.31. The van der Waals surface area contributed by atoms with Crippen molar-refractivity contribution in [2.45, 2.75) is 38.3 Å². The summed E-state index contributed by atoms with van der Waals surface area (Å²) < 4.78 is 10.8. The maximum absolute atomic E-state index is 13.1. The minimum absolute atomic E-state index is 0.114. The lowest BCUT2D eigenvalue weighted by molar-refractivity contribution is -0.140. The van der Waals surface area contributed by atoms with Crippen molar-refractivity contribution in [2.75, 3.05) is 13.3 Å². The zero-order chi connectivity index (χ0) is 20.5. The summed E-state index contributed by atoms with van der Waals surface area (Å²) in [6.45, 7) is 1.21. The van der Waals surface area contributed by atoms with Crippen molar-refractivity contribution in [3.05, 3.63) is 58.6 Å². The Bertz CT molecular complexity index is 989. The van der Waals surface area contributed by atoms with Gasteiger partial charge in [0.2, 0.25) is 12.7 Å². The van der Waals surface area contributed by atoms with Crippen LogP contribution in [-0.4, -0.2) is 36.0 Å². The third-order valence-electron chi connectivity index (χ3n) is 5.95. The molecule has 5 rings (SSSR count). The summed E-state index contributed by atoms with van der Waals surface area (Å²) >= 11 is 6.35. The van der Waals surface area contributed by atoms with Gasteiger partial charge in [0.25, 0.3) is 0 Å². The molecule has 156 valence electrons. The van der Waals surface area contributed by atoms with Crippen LogP contribution in [-0.2, 0) is 16.2 Å². The quantitative estimate of drug-likeness (QED) is 0.687. The van der Waals surface area contributed by atoms with E-state index >= 15 is 0 Å². The Morgan fingerprint density at radius 2 is 1.97 bits per heavy atom. The Kier molecular flexibility index (Phi) is 5.25. The number of hydrogen-bond donors (Lipinski definition) is 0. The topological polar surface area (TPSA) is 60.4 Å². The van der Waals surface area contributed by atoms with Crippen LogP contribution in [0.5, 0.6) is 11.5 Å². The fraction of sp³-hybridized carbons (Fsp3) is 0.391. The van der Waals surface area contributed by atoms with E-state index in [1.807, 2.05) is 47.4 Å². The number of carbonyl (C=O) groups excluding carboxylic acids is 1. The van der Waals surface area contributed by atoms with Gasteiger partial charge in [0.15, 0.2) is 17.6 Å². The average molecular weight is 427 g/mol. The van der Waals surface area contributed by atoms with Gasteiger partial charge in [-0.3, -0.25) is 4.79 Å². The van der Waals surface area contributed by atoms with E-state index in [2.05, 4.69) is 5.16 Å².